The first-order valence-corrected chi connectivity index (χ1v) is 7.33. The molecule has 3 heterocycles. The van der Waals surface area contributed by atoms with Crippen LogP contribution in [0.4, 0.5) is 0 Å². The predicted molar refractivity (Wildman–Crippen MR) is 70.9 cm³/mol. The highest BCUT2D eigenvalue weighted by Gasteiger charge is 2.25. The van der Waals surface area contributed by atoms with E-state index in [0.717, 1.165) is 37.7 Å². The fraction of sp³-hybridized carbons (Fsp3) is 0.692. The fourth-order valence-electron chi connectivity index (χ4n) is 2.62. The molecule has 0 radical (unpaired) electrons. The molecule has 2 aromatic heterocycles. The lowest BCUT2D eigenvalue weighted by molar-refractivity contribution is 0.345. The lowest BCUT2D eigenvalue weighted by Crippen LogP contribution is -2.31. The summed E-state index contributed by atoms with van der Waals surface area (Å²) >= 11 is 0. The van der Waals surface area contributed by atoms with Gasteiger partial charge in [-0.3, -0.25) is 0 Å². The summed E-state index contributed by atoms with van der Waals surface area (Å²) in [4.78, 5) is 8.68. The van der Waals surface area contributed by atoms with Crippen molar-refractivity contribution in [3.05, 3.63) is 12.2 Å². The van der Waals surface area contributed by atoms with Crippen molar-refractivity contribution in [1.82, 2.24) is 30.2 Å². The van der Waals surface area contributed by atoms with E-state index < -0.39 is 0 Å². The molecule has 2 aromatic rings. The predicted octanol–water partition coefficient (Wildman–Crippen LogP) is 1.21. The smallest absolute Gasteiger partial charge is 0.297 e. The van der Waals surface area contributed by atoms with Crippen LogP contribution in [0.25, 0.3) is 11.7 Å². The third-order valence-electron chi connectivity index (χ3n) is 3.98. The van der Waals surface area contributed by atoms with Crippen LogP contribution in [0, 0.1) is 5.92 Å². The van der Waals surface area contributed by atoms with Gasteiger partial charge in [-0.1, -0.05) is 5.16 Å². The molecule has 1 aliphatic heterocycles. The molecule has 0 aromatic carbocycles. The minimum Gasteiger partial charge on any atom is -0.330 e. The van der Waals surface area contributed by atoms with Crippen LogP contribution in [0.1, 0.15) is 37.5 Å². The van der Waals surface area contributed by atoms with Gasteiger partial charge in [-0.25, -0.2) is 9.67 Å². The highest BCUT2D eigenvalue weighted by Crippen LogP contribution is 2.32. The van der Waals surface area contributed by atoms with Gasteiger partial charge < -0.3 is 9.84 Å². The van der Waals surface area contributed by atoms with Crippen molar-refractivity contribution in [3.63, 3.8) is 0 Å². The van der Waals surface area contributed by atoms with Crippen molar-refractivity contribution in [2.24, 2.45) is 5.92 Å². The average molecular weight is 274 g/mol. The summed E-state index contributed by atoms with van der Waals surface area (Å²) in [6, 6.07) is 0.374. The Morgan fingerprint density at radius 3 is 3.10 bits per heavy atom. The summed E-state index contributed by atoms with van der Waals surface area (Å²) in [6.45, 7) is 2.03. The molecular weight excluding hydrogens is 256 g/mol. The minimum atomic E-state index is 0.374. The highest BCUT2D eigenvalue weighted by atomic mass is 16.5. The van der Waals surface area contributed by atoms with Crippen molar-refractivity contribution >= 4 is 0 Å². The molecule has 2 fully saturated rings. The molecule has 0 spiro atoms. The van der Waals surface area contributed by atoms with E-state index in [1.165, 1.54) is 19.3 Å². The van der Waals surface area contributed by atoms with Gasteiger partial charge in [-0.2, -0.15) is 4.98 Å². The van der Waals surface area contributed by atoms with Crippen LogP contribution in [0.5, 0.6) is 0 Å². The lowest BCUT2D eigenvalue weighted by atomic mass is 10.1. The van der Waals surface area contributed by atoms with Gasteiger partial charge in [0.2, 0.25) is 5.82 Å². The Labute approximate surface area is 116 Å². The fourth-order valence-corrected chi connectivity index (χ4v) is 2.62. The normalized spacial score (nSPS) is 23.1. The van der Waals surface area contributed by atoms with Gasteiger partial charge in [0.05, 0.1) is 6.04 Å². The Balaban J connectivity index is 1.49. The third-order valence-corrected chi connectivity index (χ3v) is 3.98. The first-order valence-electron chi connectivity index (χ1n) is 7.33. The van der Waals surface area contributed by atoms with Crippen LogP contribution in [0.15, 0.2) is 10.9 Å². The Hall–Kier alpha value is -1.76. The molecule has 1 unspecified atom stereocenters. The molecule has 7 nitrogen and oxygen atoms in total. The number of piperidine rings is 1. The second kappa shape index (κ2) is 4.97. The number of hydrogen-bond donors (Lipinski definition) is 1. The number of nitrogens with zero attached hydrogens (tertiary/aromatic N) is 5. The van der Waals surface area contributed by atoms with Crippen molar-refractivity contribution in [3.8, 4) is 11.7 Å². The molecule has 1 atom stereocenters. The summed E-state index contributed by atoms with van der Waals surface area (Å²) in [7, 11) is 0. The van der Waals surface area contributed by atoms with Crippen LogP contribution in [0.3, 0.4) is 0 Å². The highest BCUT2D eigenvalue weighted by molar-refractivity contribution is 5.37. The Bertz CT molecular complexity index is 581. The Morgan fingerprint density at radius 1 is 1.35 bits per heavy atom. The number of nitrogens with one attached hydrogen (secondary N) is 1. The van der Waals surface area contributed by atoms with E-state index in [2.05, 4.69) is 25.5 Å². The van der Waals surface area contributed by atoms with Crippen molar-refractivity contribution in [1.29, 1.82) is 0 Å². The van der Waals surface area contributed by atoms with E-state index in [-0.39, 0.29) is 0 Å². The molecule has 1 saturated carbocycles. The first kappa shape index (κ1) is 12.0. The van der Waals surface area contributed by atoms with Crippen LogP contribution in [0.2, 0.25) is 0 Å². The van der Waals surface area contributed by atoms with Gasteiger partial charge >= 0.3 is 0 Å². The molecule has 1 saturated heterocycles. The topological polar surface area (TPSA) is 81.7 Å². The maximum absolute atomic E-state index is 5.26. The number of rotatable bonds is 4. The second-order valence-corrected chi connectivity index (χ2v) is 5.71. The second-order valence-electron chi connectivity index (χ2n) is 5.71. The zero-order valence-corrected chi connectivity index (χ0v) is 11.3. The third kappa shape index (κ3) is 2.45. The number of aromatic nitrogens is 5. The van der Waals surface area contributed by atoms with E-state index in [0.29, 0.717) is 17.8 Å². The molecule has 0 amide bonds. The van der Waals surface area contributed by atoms with Gasteiger partial charge in [0.15, 0.2) is 5.82 Å². The first-order chi connectivity index (χ1) is 9.88. The largest absolute Gasteiger partial charge is 0.330 e. The van der Waals surface area contributed by atoms with E-state index >= 15 is 0 Å². The van der Waals surface area contributed by atoms with Gasteiger partial charge in [-0.15, -0.1) is 5.10 Å². The Morgan fingerprint density at radius 2 is 2.30 bits per heavy atom. The average Bonchev–Trinajstić information content (AvgIpc) is 2.99. The SMILES string of the molecule is c1nc(-c2nc(CC3CC3)no2)nn1C1CCCNC1. The minimum absolute atomic E-state index is 0.374. The maximum atomic E-state index is 5.26. The van der Waals surface area contributed by atoms with E-state index in [4.69, 9.17) is 4.52 Å². The standard InChI is InChI=1S/C13H18N6O/c1-2-10(7-14-5-1)19-8-15-12(17-19)13-16-11(18-20-13)6-9-3-4-9/h8-10,14H,1-7H2. The van der Waals surface area contributed by atoms with Crippen LogP contribution in [-0.4, -0.2) is 38.0 Å². The summed E-state index contributed by atoms with van der Waals surface area (Å²) in [5, 5.41) is 11.9. The monoisotopic (exact) mass is 274 g/mol. The van der Waals surface area contributed by atoms with Crippen molar-refractivity contribution in [2.45, 2.75) is 38.1 Å². The zero-order chi connectivity index (χ0) is 13.4. The van der Waals surface area contributed by atoms with E-state index in [9.17, 15) is 0 Å². The summed E-state index contributed by atoms with van der Waals surface area (Å²) in [6.07, 6.45) is 7.55. The molecule has 7 heteroatoms. The van der Waals surface area contributed by atoms with Crippen LogP contribution < -0.4 is 5.32 Å². The van der Waals surface area contributed by atoms with Crippen molar-refractivity contribution < 1.29 is 4.52 Å². The van der Waals surface area contributed by atoms with Crippen LogP contribution in [-0.2, 0) is 6.42 Å². The lowest BCUT2D eigenvalue weighted by Gasteiger charge is -2.22. The van der Waals surface area contributed by atoms with Gasteiger partial charge in [0.25, 0.3) is 5.89 Å². The number of hydrogen-bond acceptors (Lipinski definition) is 6. The Kier molecular flexibility index (Phi) is 2.99. The molecule has 2 aliphatic rings. The van der Waals surface area contributed by atoms with Gasteiger partial charge in [-0.05, 0) is 38.1 Å². The molecule has 1 N–H and O–H groups in total. The summed E-state index contributed by atoms with van der Waals surface area (Å²) < 4.78 is 7.17. The molecule has 0 bridgehead atoms. The van der Waals surface area contributed by atoms with Crippen LogP contribution >= 0.6 is 0 Å². The molecule has 20 heavy (non-hydrogen) atoms. The molecular formula is C13H18N6O. The summed E-state index contributed by atoms with van der Waals surface area (Å²) in [5.74, 6) is 2.49. The molecule has 1 aliphatic carbocycles. The maximum Gasteiger partial charge on any atom is 0.297 e. The quantitative estimate of drug-likeness (QED) is 0.902. The van der Waals surface area contributed by atoms with Gasteiger partial charge in [0.1, 0.15) is 6.33 Å². The molecule has 4 rings (SSSR count). The van der Waals surface area contributed by atoms with E-state index in [1.54, 1.807) is 6.33 Å². The molecule has 106 valence electrons. The summed E-state index contributed by atoms with van der Waals surface area (Å²) in [5.41, 5.74) is 0. The van der Waals surface area contributed by atoms with Crippen molar-refractivity contribution in [2.75, 3.05) is 13.1 Å². The van der Waals surface area contributed by atoms with Gasteiger partial charge in [0, 0.05) is 13.0 Å². The zero-order valence-electron chi connectivity index (χ0n) is 11.3. The van der Waals surface area contributed by atoms with E-state index in [1.807, 2.05) is 4.68 Å².